The van der Waals surface area contributed by atoms with Crippen molar-refractivity contribution >= 4 is 22.8 Å². The Morgan fingerprint density at radius 1 is 1.20 bits per heavy atom. The van der Waals surface area contributed by atoms with Crippen molar-refractivity contribution in [2.75, 3.05) is 6.61 Å². The highest BCUT2D eigenvalue weighted by atomic mass is 19.4. The molecule has 3 aromatic rings. The van der Waals surface area contributed by atoms with Gasteiger partial charge in [-0.05, 0) is 50.5 Å². The summed E-state index contributed by atoms with van der Waals surface area (Å²) in [5.74, 6) is -3.73. The highest BCUT2D eigenvalue weighted by Crippen LogP contribution is 2.43. The fourth-order valence-corrected chi connectivity index (χ4v) is 4.48. The molecule has 2 amide bonds. The molecule has 4 rings (SSSR count). The highest BCUT2D eigenvalue weighted by molar-refractivity contribution is 5.92. The third-order valence-corrected chi connectivity index (χ3v) is 6.70. The molecule has 2 heterocycles. The van der Waals surface area contributed by atoms with Crippen LogP contribution in [-0.4, -0.2) is 56.4 Å². The summed E-state index contributed by atoms with van der Waals surface area (Å²) in [6, 6.07) is 5.40. The monoisotopic (exact) mass is 570 g/mol. The summed E-state index contributed by atoms with van der Waals surface area (Å²) < 4.78 is 71.8. The Hall–Kier alpha value is -3.55. The summed E-state index contributed by atoms with van der Waals surface area (Å²) in [7, 11) is 0. The number of nitrogens with one attached hydrogen (secondary N) is 3. The zero-order valence-electron chi connectivity index (χ0n) is 22.2. The molecule has 1 aliphatic rings. The van der Waals surface area contributed by atoms with Crippen LogP contribution in [0.3, 0.4) is 0 Å². The molecule has 3 N–H and O–H groups in total. The number of aromatic amines is 1. The Bertz CT molecular complexity index is 1340. The summed E-state index contributed by atoms with van der Waals surface area (Å²) in [5, 5.41) is 9.52. The number of carbonyl (C=O) groups is 2. The second-order valence-corrected chi connectivity index (χ2v) is 10.4. The van der Waals surface area contributed by atoms with E-state index in [2.05, 4.69) is 25.7 Å². The number of halogens is 5. The molecular weight excluding hydrogens is 539 g/mol. The lowest BCUT2D eigenvalue weighted by atomic mass is 9.79. The van der Waals surface area contributed by atoms with E-state index in [1.165, 1.54) is 16.9 Å². The maximum absolute atomic E-state index is 13.1. The number of imidazole rings is 1. The van der Waals surface area contributed by atoms with Crippen LogP contribution in [0.1, 0.15) is 74.0 Å². The van der Waals surface area contributed by atoms with Gasteiger partial charge in [0, 0.05) is 38.0 Å². The van der Waals surface area contributed by atoms with Gasteiger partial charge in [-0.3, -0.25) is 14.3 Å². The minimum atomic E-state index is -4.59. The van der Waals surface area contributed by atoms with Crippen LogP contribution in [0.4, 0.5) is 22.0 Å². The van der Waals surface area contributed by atoms with E-state index in [1.54, 1.807) is 18.2 Å². The first-order chi connectivity index (χ1) is 18.7. The quantitative estimate of drug-likeness (QED) is 0.286. The number of benzene rings is 1. The number of fused-ring (bicyclic) bond motifs is 1. The fourth-order valence-electron chi connectivity index (χ4n) is 4.48. The Kier molecular flexibility index (Phi) is 8.47. The summed E-state index contributed by atoms with van der Waals surface area (Å²) in [4.78, 5) is 32.6. The molecule has 0 radical (unpaired) electrons. The Balaban J connectivity index is 1.47. The predicted molar refractivity (Wildman–Crippen MR) is 135 cm³/mol. The first kappa shape index (κ1) is 29.4. The van der Waals surface area contributed by atoms with Crippen molar-refractivity contribution in [3.8, 4) is 0 Å². The fraction of sp³-hybridized carbons (Fsp3) is 0.538. The molecule has 1 fully saturated rings. The molecule has 0 aliphatic heterocycles. The van der Waals surface area contributed by atoms with Crippen LogP contribution >= 0.6 is 0 Å². The van der Waals surface area contributed by atoms with Gasteiger partial charge in [-0.2, -0.15) is 18.3 Å². The molecule has 1 aromatic carbocycles. The van der Waals surface area contributed by atoms with Gasteiger partial charge in [0.1, 0.15) is 17.6 Å². The molecule has 1 aliphatic carbocycles. The number of amides is 2. The van der Waals surface area contributed by atoms with Crippen LogP contribution in [-0.2, 0) is 16.1 Å². The maximum atomic E-state index is 13.1. The predicted octanol–water partition coefficient (Wildman–Crippen LogP) is 4.83. The molecule has 218 valence electrons. The van der Waals surface area contributed by atoms with Gasteiger partial charge in [0.2, 0.25) is 11.8 Å². The van der Waals surface area contributed by atoms with E-state index < -0.39 is 36.8 Å². The summed E-state index contributed by atoms with van der Waals surface area (Å²) in [5.41, 5.74) is 1.93. The van der Waals surface area contributed by atoms with Gasteiger partial charge < -0.3 is 20.4 Å². The second-order valence-electron chi connectivity index (χ2n) is 10.4. The largest absolute Gasteiger partial charge is 0.414 e. The van der Waals surface area contributed by atoms with Crippen LogP contribution in [0.5, 0.6) is 0 Å². The van der Waals surface area contributed by atoms with Gasteiger partial charge >= 0.3 is 6.18 Å². The molecule has 2 aromatic heterocycles. The number of nitrogens with zero attached hydrogens (tertiary/aromatic N) is 3. The number of carbonyl (C=O) groups excluding carboxylic acids is 2. The van der Waals surface area contributed by atoms with Gasteiger partial charge in [-0.25, -0.2) is 13.8 Å². The van der Waals surface area contributed by atoms with E-state index in [1.807, 2.05) is 13.8 Å². The lowest BCUT2D eigenvalue weighted by Crippen LogP contribution is -2.38. The lowest BCUT2D eigenvalue weighted by molar-refractivity contribution is -0.215. The van der Waals surface area contributed by atoms with Crippen molar-refractivity contribution in [3.05, 3.63) is 47.5 Å². The van der Waals surface area contributed by atoms with E-state index in [4.69, 9.17) is 4.74 Å². The molecule has 9 nitrogen and oxygen atoms in total. The Morgan fingerprint density at radius 3 is 2.58 bits per heavy atom. The number of H-pyrrole nitrogens is 1. The zero-order valence-corrected chi connectivity index (χ0v) is 22.2. The topological polar surface area (TPSA) is 114 Å². The summed E-state index contributed by atoms with van der Waals surface area (Å²) in [6.45, 7) is 4.19. The van der Waals surface area contributed by atoms with Gasteiger partial charge in [0.05, 0.1) is 17.6 Å². The standard InChI is InChI=1S/C26H31F5N6O3/c1-14(2)37-21(6-7-33-37)24(39)36-20(13-40-15(3)26(29,30)31)23-34-18-5-4-16(8-19(18)35-23)12-32-22(38)9-17-10-25(27,28)11-17/h4-8,14-15,17,20H,9-13H2,1-3H3,(H,32,38)(H,34,35)(H,36,39)/t15-,20-/m0/s1. The minimum absolute atomic E-state index is 0.0273. The van der Waals surface area contributed by atoms with Crippen LogP contribution in [0.25, 0.3) is 11.0 Å². The highest BCUT2D eigenvalue weighted by Gasteiger charge is 2.45. The molecule has 14 heteroatoms. The number of alkyl halides is 5. The van der Waals surface area contributed by atoms with E-state index in [9.17, 15) is 31.5 Å². The van der Waals surface area contributed by atoms with E-state index >= 15 is 0 Å². The van der Waals surface area contributed by atoms with Crippen LogP contribution < -0.4 is 10.6 Å². The van der Waals surface area contributed by atoms with Crippen LogP contribution in [0.15, 0.2) is 30.5 Å². The third kappa shape index (κ3) is 7.14. The van der Waals surface area contributed by atoms with Crippen LogP contribution in [0.2, 0.25) is 0 Å². The summed E-state index contributed by atoms with van der Waals surface area (Å²) >= 11 is 0. The Labute approximate surface area is 226 Å². The van der Waals surface area contributed by atoms with Crippen molar-refractivity contribution in [2.24, 2.45) is 5.92 Å². The number of rotatable bonds is 11. The van der Waals surface area contributed by atoms with Gasteiger partial charge in [-0.15, -0.1) is 0 Å². The van der Waals surface area contributed by atoms with E-state index in [0.29, 0.717) is 16.6 Å². The number of hydrogen-bond donors (Lipinski definition) is 3. The number of aromatic nitrogens is 4. The van der Waals surface area contributed by atoms with Crippen molar-refractivity contribution in [1.29, 1.82) is 0 Å². The summed E-state index contributed by atoms with van der Waals surface area (Å²) in [6.07, 6.45) is -5.75. The van der Waals surface area contributed by atoms with Crippen molar-refractivity contribution in [3.63, 3.8) is 0 Å². The van der Waals surface area contributed by atoms with E-state index in [-0.39, 0.29) is 55.2 Å². The SMILES string of the molecule is CC(C)n1nccc1C(=O)N[C@@H](CO[C@@H](C)C(F)(F)F)c1nc2ccc(CNC(=O)CC3CC(F)(F)C3)cc2[nH]1. The molecule has 0 saturated heterocycles. The van der Waals surface area contributed by atoms with E-state index in [0.717, 1.165) is 6.92 Å². The number of ether oxygens (including phenoxy) is 1. The molecule has 40 heavy (non-hydrogen) atoms. The Morgan fingerprint density at radius 2 is 1.93 bits per heavy atom. The first-order valence-electron chi connectivity index (χ1n) is 12.9. The zero-order chi connectivity index (χ0) is 29.2. The van der Waals surface area contributed by atoms with Gasteiger partial charge in [0.15, 0.2) is 6.10 Å². The third-order valence-electron chi connectivity index (χ3n) is 6.70. The average Bonchev–Trinajstić information content (AvgIpc) is 3.50. The van der Waals surface area contributed by atoms with Gasteiger partial charge in [0.25, 0.3) is 5.91 Å². The molecule has 2 atom stereocenters. The smallest absolute Gasteiger partial charge is 0.366 e. The van der Waals surface area contributed by atoms with Crippen molar-refractivity contribution < 1.29 is 36.3 Å². The average molecular weight is 571 g/mol. The normalized spacial score (nSPS) is 17.0. The number of hydrogen-bond acceptors (Lipinski definition) is 5. The molecule has 0 unspecified atom stereocenters. The molecule has 1 saturated carbocycles. The molecular formula is C26H31F5N6O3. The van der Waals surface area contributed by atoms with Crippen molar-refractivity contribution in [1.82, 2.24) is 30.4 Å². The van der Waals surface area contributed by atoms with Crippen LogP contribution in [0, 0.1) is 5.92 Å². The first-order valence-corrected chi connectivity index (χ1v) is 12.9. The van der Waals surface area contributed by atoms with Crippen molar-refractivity contribution in [2.45, 2.75) is 76.9 Å². The minimum Gasteiger partial charge on any atom is -0.366 e. The molecule has 0 spiro atoms. The second kappa shape index (κ2) is 11.5. The molecule has 0 bridgehead atoms. The van der Waals surface area contributed by atoms with Gasteiger partial charge in [-0.1, -0.05) is 6.07 Å². The lowest BCUT2D eigenvalue weighted by Gasteiger charge is -2.34. The maximum Gasteiger partial charge on any atom is 0.414 e.